The smallest absolute Gasteiger partial charge is 0.149 e. The van der Waals surface area contributed by atoms with Crippen LogP contribution < -0.4 is 0 Å². The van der Waals surface area contributed by atoms with E-state index in [-0.39, 0.29) is 0 Å². The minimum Gasteiger partial charge on any atom is -0.231 e. The van der Waals surface area contributed by atoms with Gasteiger partial charge in [0, 0.05) is 11.1 Å². The van der Waals surface area contributed by atoms with E-state index < -0.39 is 9.74 Å². The van der Waals surface area contributed by atoms with Crippen LogP contribution in [0.25, 0.3) is 33.6 Å². The topological polar surface area (TPSA) is 25.8 Å². The molecule has 0 unspecified atom stereocenters. The normalized spacial score (nSPS) is 19.0. The van der Waals surface area contributed by atoms with Crippen molar-refractivity contribution in [1.82, 2.24) is 9.97 Å². The first-order valence-corrected chi connectivity index (χ1v) is 16.1. The maximum absolute atomic E-state index is 5.52. The molecule has 0 atom stereocenters. The van der Waals surface area contributed by atoms with Gasteiger partial charge in [-0.3, -0.25) is 0 Å². The van der Waals surface area contributed by atoms with Gasteiger partial charge >= 0.3 is 0 Å². The molecule has 0 saturated carbocycles. The second-order valence-corrected chi connectivity index (χ2v) is 13.0. The molecule has 2 nitrogen and oxygen atoms in total. The molecule has 1 aromatic heterocycles. The van der Waals surface area contributed by atoms with Gasteiger partial charge in [0.25, 0.3) is 0 Å². The molecule has 0 aliphatic heterocycles. The van der Waals surface area contributed by atoms with Crippen LogP contribution in [0.1, 0.15) is 39.2 Å². The lowest BCUT2D eigenvalue weighted by Crippen LogP contribution is -2.49. The van der Waals surface area contributed by atoms with Gasteiger partial charge in [0.05, 0.1) is 11.4 Å². The second-order valence-electron chi connectivity index (χ2n) is 11.8. The van der Waals surface area contributed by atoms with E-state index in [0.29, 0.717) is 0 Å². The lowest BCUT2D eigenvalue weighted by Gasteiger charge is -2.53. The van der Waals surface area contributed by atoms with E-state index >= 15 is 0 Å². The third-order valence-electron chi connectivity index (χ3n) is 9.53. The lowest BCUT2D eigenvalue weighted by molar-refractivity contribution is 0.581. The van der Waals surface area contributed by atoms with Crippen LogP contribution >= 0.6 is 15.9 Å². The van der Waals surface area contributed by atoms with E-state index in [1.165, 1.54) is 44.5 Å². The van der Waals surface area contributed by atoms with E-state index in [0.717, 1.165) is 28.3 Å². The van der Waals surface area contributed by atoms with Crippen LogP contribution in [-0.4, -0.2) is 9.97 Å². The van der Waals surface area contributed by atoms with Gasteiger partial charge in [-0.05, 0) is 50.6 Å². The lowest BCUT2D eigenvalue weighted by atomic mass is 9.52. The van der Waals surface area contributed by atoms with Gasteiger partial charge in [-0.1, -0.05) is 174 Å². The Morgan fingerprint density at radius 3 is 1.16 bits per heavy atom. The third kappa shape index (κ3) is 3.68. The van der Waals surface area contributed by atoms with E-state index in [1.807, 2.05) is 6.07 Å². The number of benzene rings is 6. The molecule has 10 rings (SSSR count). The Balaban J connectivity index is 1.36. The van der Waals surface area contributed by atoms with Crippen molar-refractivity contribution in [2.24, 2.45) is 0 Å². The standard InChI is InChI=1S/C42H27BrN2/c43-42-35-20-10-7-17-32(35)41(33-18-8-11-21-36(33)42,34-19-9-12-22-37(34)42)40-44-38(30-15-5-2-6-16-30)27-39(45-40)31-25-23-29(24-26-31)28-13-3-1-4-14-28/h1-27H. The fraction of sp³-hybridized carbons (Fsp3) is 0.0476. The van der Waals surface area contributed by atoms with Gasteiger partial charge in [0.2, 0.25) is 0 Å². The number of aromatic nitrogens is 2. The Kier molecular flexibility index (Phi) is 5.81. The van der Waals surface area contributed by atoms with E-state index in [4.69, 9.17) is 9.97 Å². The van der Waals surface area contributed by atoms with Crippen LogP contribution in [0.2, 0.25) is 0 Å². The van der Waals surface area contributed by atoms with Crippen molar-refractivity contribution in [2.45, 2.75) is 9.74 Å². The van der Waals surface area contributed by atoms with Crippen molar-refractivity contribution in [3.63, 3.8) is 0 Å². The first-order chi connectivity index (χ1) is 22.2. The van der Waals surface area contributed by atoms with Crippen molar-refractivity contribution in [3.05, 3.63) is 203 Å². The summed E-state index contributed by atoms with van der Waals surface area (Å²) in [5.74, 6) is 0.785. The SMILES string of the molecule is BrC12c3ccccc3C(c3nc(-c4ccccc4)cc(-c4ccc(-c5ccccc5)cc4)n3)(c3ccccc31)c1ccccc12. The minimum absolute atomic E-state index is 0.453. The molecule has 0 fully saturated rings. The highest BCUT2D eigenvalue weighted by Gasteiger charge is 2.59. The summed E-state index contributed by atoms with van der Waals surface area (Å²) in [6.45, 7) is 0. The molecule has 1 heterocycles. The summed E-state index contributed by atoms with van der Waals surface area (Å²) in [5.41, 5.74) is 13.0. The Labute approximate surface area is 271 Å². The summed E-state index contributed by atoms with van der Waals surface area (Å²) in [7, 11) is 0. The van der Waals surface area contributed by atoms with Crippen molar-refractivity contribution < 1.29 is 0 Å². The van der Waals surface area contributed by atoms with Crippen LogP contribution in [0.15, 0.2) is 164 Å². The van der Waals surface area contributed by atoms with Crippen molar-refractivity contribution in [2.75, 3.05) is 0 Å². The zero-order valence-electron chi connectivity index (χ0n) is 24.4. The predicted octanol–water partition coefficient (Wildman–Crippen LogP) is 10.2. The number of hydrogen-bond donors (Lipinski definition) is 0. The molecule has 0 amide bonds. The molecule has 3 heteroatoms. The Hall–Kier alpha value is -5.12. The highest BCUT2D eigenvalue weighted by atomic mass is 79.9. The van der Waals surface area contributed by atoms with E-state index in [1.54, 1.807) is 0 Å². The largest absolute Gasteiger partial charge is 0.231 e. The first-order valence-electron chi connectivity index (χ1n) is 15.3. The summed E-state index contributed by atoms with van der Waals surface area (Å²) in [6, 6.07) is 58.3. The Morgan fingerprint density at radius 1 is 0.356 bits per heavy atom. The van der Waals surface area contributed by atoms with Gasteiger partial charge in [-0.15, -0.1) is 0 Å². The van der Waals surface area contributed by atoms with Gasteiger partial charge < -0.3 is 0 Å². The van der Waals surface area contributed by atoms with Crippen molar-refractivity contribution in [1.29, 1.82) is 0 Å². The second kappa shape index (κ2) is 9.95. The van der Waals surface area contributed by atoms with Crippen LogP contribution in [-0.2, 0) is 9.74 Å². The average molecular weight is 640 g/mol. The van der Waals surface area contributed by atoms with E-state index in [9.17, 15) is 0 Å². The predicted molar refractivity (Wildman–Crippen MR) is 185 cm³/mol. The molecule has 212 valence electrons. The summed E-state index contributed by atoms with van der Waals surface area (Å²) < 4.78 is -0.453. The zero-order valence-corrected chi connectivity index (χ0v) is 25.9. The maximum atomic E-state index is 5.52. The molecule has 3 aliphatic rings. The monoisotopic (exact) mass is 638 g/mol. The summed E-state index contributed by atoms with van der Waals surface area (Å²) in [5, 5.41) is 0. The molecule has 0 spiro atoms. The summed E-state index contributed by atoms with van der Waals surface area (Å²) in [6.07, 6.45) is 0. The molecule has 6 aromatic carbocycles. The molecule has 45 heavy (non-hydrogen) atoms. The number of halogens is 1. The Morgan fingerprint density at radius 2 is 0.689 bits per heavy atom. The van der Waals surface area contributed by atoms with E-state index in [2.05, 4.69) is 174 Å². The molecule has 3 aliphatic carbocycles. The fourth-order valence-corrected chi connectivity index (χ4v) is 8.58. The van der Waals surface area contributed by atoms with Crippen LogP contribution in [0.3, 0.4) is 0 Å². The van der Waals surface area contributed by atoms with Crippen LogP contribution in [0.5, 0.6) is 0 Å². The Bertz CT molecular complexity index is 2100. The third-order valence-corrected chi connectivity index (χ3v) is 10.8. The highest BCUT2D eigenvalue weighted by molar-refractivity contribution is 9.10. The van der Waals surface area contributed by atoms with Gasteiger partial charge in [-0.25, -0.2) is 9.97 Å². The van der Waals surface area contributed by atoms with Crippen LogP contribution in [0, 0.1) is 0 Å². The highest BCUT2D eigenvalue weighted by Crippen LogP contribution is 2.65. The molecule has 2 bridgehead atoms. The summed E-state index contributed by atoms with van der Waals surface area (Å²) in [4.78, 5) is 11.0. The number of alkyl halides is 1. The van der Waals surface area contributed by atoms with Gasteiger partial charge in [0.15, 0.2) is 0 Å². The minimum atomic E-state index is -0.692. The maximum Gasteiger partial charge on any atom is 0.149 e. The number of nitrogens with zero attached hydrogens (tertiary/aromatic N) is 2. The summed E-state index contributed by atoms with van der Waals surface area (Å²) >= 11 is 4.31. The van der Waals surface area contributed by atoms with Gasteiger partial charge in [-0.2, -0.15) is 0 Å². The molecule has 0 saturated heterocycles. The quantitative estimate of drug-likeness (QED) is 0.179. The van der Waals surface area contributed by atoms with Crippen molar-refractivity contribution >= 4 is 15.9 Å². The van der Waals surface area contributed by atoms with Gasteiger partial charge in [0.1, 0.15) is 15.6 Å². The van der Waals surface area contributed by atoms with Crippen LogP contribution in [0.4, 0.5) is 0 Å². The molecule has 7 aromatic rings. The molecule has 0 N–H and O–H groups in total. The fourth-order valence-electron chi connectivity index (χ4n) is 7.55. The van der Waals surface area contributed by atoms with Crippen molar-refractivity contribution in [3.8, 4) is 33.6 Å². The zero-order chi connectivity index (χ0) is 30.0. The molecule has 0 radical (unpaired) electrons. The first kappa shape index (κ1) is 26.3. The number of hydrogen-bond acceptors (Lipinski definition) is 2. The number of rotatable bonds is 4. The average Bonchev–Trinajstić information content (AvgIpc) is 3.13. The molecular weight excluding hydrogens is 612 g/mol. The molecular formula is C42H27BrN2.